The molecule has 0 atom stereocenters. The lowest BCUT2D eigenvalue weighted by Crippen LogP contribution is -2.04. The lowest BCUT2D eigenvalue weighted by atomic mass is 10.2. The van der Waals surface area contributed by atoms with Crippen LogP contribution in [0.15, 0.2) is 12.1 Å². The predicted molar refractivity (Wildman–Crippen MR) is 53.3 cm³/mol. The topological polar surface area (TPSA) is 46.5 Å². The largest absolute Gasteiger partial charge is 0.477 e. The molecule has 1 aliphatic heterocycles. The molecule has 0 aromatic heterocycles. The maximum absolute atomic E-state index is 12.5. The number of benzene rings is 1. The second kappa shape index (κ2) is 6.24. The SMILES string of the molecule is C1CCOC1.O=C(O)c1c(F)cc(F)cc1F. The van der Waals surface area contributed by atoms with Gasteiger partial charge in [0.05, 0.1) is 0 Å². The predicted octanol–water partition coefficient (Wildman–Crippen LogP) is 2.60. The van der Waals surface area contributed by atoms with Crippen LogP contribution in [0.1, 0.15) is 23.2 Å². The van der Waals surface area contributed by atoms with E-state index < -0.39 is 29.0 Å². The summed E-state index contributed by atoms with van der Waals surface area (Å²) in [6, 6.07) is 0.624. The van der Waals surface area contributed by atoms with Gasteiger partial charge in [-0.15, -0.1) is 0 Å². The first-order chi connectivity index (χ1) is 8.02. The van der Waals surface area contributed by atoms with Gasteiger partial charge in [0.15, 0.2) is 0 Å². The molecule has 94 valence electrons. The number of halogens is 3. The van der Waals surface area contributed by atoms with E-state index in [1.165, 1.54) is 12.8 Å². The molecule has 1 heterocycles. The molecule has 0 amide bonds. The molecular weight excluding hydrogens is 237 g/mol. The number of ether oxygens (including phenoxy) is 1. The molecule has 1 saturated heterocycles. The molecule has 3 nitrogen and oxygen atoms in total. The van der Waals surface area contributed by atoms with Crippen LogP contribution in [0.2, 0.25) is 0 Å². The van der Waals surface area contributed by atoms with E-state index in [9.17, 15) is 18.0 Å². The fourth-order valence-corrected chi connectivity index (χ4v) is 1.26. The zero-order chi connectivity index (χ0) is 12.8. The Balaban J connectivity index is 0.000000239. The number of aromatic carboxylic acids is 1. The van der Waals surface area contributed by atoms with Crippen molar-refractivity contribution in [2.45, 2.75) is 12.8 Å². The average Bonchev–Trinajstić information content (AvgIpc) is 2.71. The van der Waals surface area contributed by atoms with Crippen LogP contribution in [0.3, 0.4) is 0 Å². The molecule has 1 aliphatic rings. The van der Waals surface area contributed by atoms with Gasteiger partial charge in [-0.3, -0.25) is 0 Å². The highest BCUT2D eigenvalue weighted by atomic mass is 19.1. The number of hydrogen-bond acceptors (Lipinski definition) is 2. The van der Waals surface area contributed by atoms with Gasteiger partial charge >= 0.3 is 5.97 Å². The minimum Gasteiger partial charge on any atom is -0.477 e. The number of hydrogen-bond donors (Lipinski definition) is 1. The van der Waals surface area contributed by atoms with Gasteiger partial charge < -0.3 is 9.84 Å². The first-order valence-corrected chi connectivity index (χ1v) is 4.98. The van der Waals surface area contributed by atoms with Gasteiger partial charge in [-0.2, -0.15) is 0 Å². The summed E-state index contributed by atoms with van der Waals surface area (Å²) in [5.41, 5.74) is -1.14. The van der Waals surface area contributed by atoms with Crippen LogP contribution in [0.4, 0.5) is 13.2 Å². The zero-order valence-corrected chi connectivity index (χ0v) is 8.88. The first kappa shape index (κ1) is 13.5. The van der Waals surface area contributed by atoms with Gasteiger partial charge in [0.25, 0.3) is 0 Å². The molecule has 1 aromatic rings. The Hall–Kier alpha value is -1.56. The molecule has 1 N–H and O–H groups in total. The average molecular weight is 248 g/mol. The summed E-state index contributed by atoms with van der Waals surface area (Å²) in [4.78, 5) is 10.2. The second-order valence-corrected chi connectivity index (χ2v) is 3.37. The van der Waals surface area contributed by atoms with E-state index in [1.54, 1.807) is 0 Å². The number of carbonyl (C=O) groups is 1. The van der Waals surface area contributed by atoms with Crippen LogP contribution in [-0.4, -0.2) is 24.3 Å². The Labute approximate surface area is 95.8 Å². The second-order valence-electron chi connectivity index (χ2n) is 3.37. The standard InChI is InChI=1S/C7H3F3O2.C4H8O/c8-3-1-4(9)6(7(11)12)5(10)2-3;1-2-4-5-3-1/h1-2H,(H,11,12);1-4H2. The van der Waals surface area contributed by atoms with Crippen molar-refractivity contribution in [1.82, 2.24) is 0 Å². The van der Waals surface area contributed by atoms with E-state index >= 15 is 0 Å². The Kier molecular flexibility index (Phi) is 4.96. The Morgan fingerprint density at radius 2 is 1.59 bits per heavy atom. The van der Waals surface area contributed by atoms with E-state index in [0.717, 1.165) is 13.2 Å². The van der Waals surface area contributed by atoms with E-state index in [1.807, 2.05) is 0 Å². The molecule has 0 radical (unpaired) electrons. The number of rotatable bonds is 1. The van der Waals surface area contributed by atoms with Crippen LogP contribution in [-0.2, 0) is 4.74 Å². The van der Waals surface area contributed by atoms with Crippen molar-refractivity contribution in [3.63, 3.8) is 0 Å². The van der Waals surface area contributed by atoms with Crippen molar-refractivity contribution in [2.75, 3.05) is 13.2 Å². The molecular formula is C11H11F3O3. The van der Waals surface area contributed by atoms with Gasteiger partial charge in [0.2, 0.25) is 0 Å². The van der Waals surface area contributed by atoms with Crippen LogP contribution in [0.5, 0.6) is 0 Å². The molecule has 0 unspecified atom stereocenters. The lowest BCUT2D eigenvalue weighted by Gasteiger charge is -1.98. The number of carboxylic acid groups (broad SMARTS) is 1. The monoisotopic (exact) mass is 248 g/mol. The van der Waals surface area contributed by atoms with Crippen LogP contribution < -0.4 is 0 Å². The third-order valence-electron chi connectivity index (χ3n) is 2.05. The van der Waals surface area contributed by atoms with Crippen molar-refractivity contribution >= 4 is 5.97 Å². The lowest BCUT2D eigenvalue weighted by molar-refractivity contribution is 0.0686. The zero-order valence-electron chi connectivity index (χ0n) is 8.88. The summed E-state index contributed by atoms with van der Waals surface area (Å²) in [6.45, 7) is 2.00. The maximum atomic E-state index is 12.5. The van der Waals surface area contributed by atoms with Crippen molar-refractivity contribution in [3.8, 4) is 0 Å². The van der Waals surface area contributed by atoms with E-state index in [2.05, 4.69) is 0 Å². The van der Waals surface area contributed by atoms with Crippen molar-refractivity contribution in [1.29, 1.82) is 0 Å². The van der Waals surface area contributed by atoms with Crippen LogP contribution >= 0.6 is 0 Å². The van der Waals surface area contributed by atoms with Crippen LogP contribution in [0, 0.1) is 17.5 Å². The molecule has 0 spiro atoms. The molecule has 0 saturated carbocycles. The Morgan fingerprint density at radius 1 is 1.12 bits per heavy atom. The molecule has 1 fully saturated rings. The van der Waals surface area contributed by atoms with Gasteiger partial charge in [-0.1, -0.05) is 0 Å². The number of carboxylic acids is 1. The molecule has 2 rings (SSSR count). The van der Waals surface area contributed by atoms with Gasteiger partial charge in [-0.25, -0.2) is 18.0 Å². The van der Waals surface area contributed by atoms with Crippen molar-refractivity contribution < 1.29 is 27.8 Å². The molecule has 17 heavy (non-hydrogen) atoms. The molecule has 0 aliphatic carbocycles. The normalized spacial score (nSPS) is 14.1. The highest BCUT2D eigenvalue weighted by molar-refractivity contribution is 5.88. The molecule has 0 bridgehead atoms. The summed E-state index contributed by atoms with van der Waals surface area (Å²) >= 11 is 0. The highest BCUT2D eigenvalue weighted by Gasteiger charge is 2.17. The summed E-state index contributed by atoms with van der Waals surface area (Å²) in [5.74, 6) is -5.74. The quantitative estimate of drug-likeness (QED) is 0.830. The minimum atomic E-state index is -1.76. The fourth-order valence-electron chi connectivity index (χ4n) is 1.26. The smallest absolute Gasteiger partial charge is 0.341 e. The summed E-state index contributed by atoms with van der Waals surface area (Å²) < 4.78 is 42.1. The van der Waals surface area contributed by atoms with Gasteiger partial charge in [0, 0.05) is 25.3 Å². The molecule has 6 heteroatoms. The fraction of sp³-hybridized carbons (Fsp3) is 0.364. The van der Waals surface area contributed by atoms with Gasteiger partial charge in [0.1, 0.15) is 23.0 Å². The summed E-state index contributed by atoms with van der Waals surface area (Å²) in [6.07, 6.45) is 2.56. The van der Waals surface area contributed by atoms with E-state index in [4.69, 9.17) is 9.84 Å². The first-order valence-electron chi connectivity index (χ1n) is 4.98. The van der Waals surface area contributed by atoms with Crippen molar-refractivity contribution in [3.05, 3.63) is 35.1 Å². The summed E-state index contributed by atoms with van der Waals surface area (Å²) in [5, 5.41) is 8.23. The molecule has 1 aromatic carbocycles. The van der Waals surface area contributed by atoms with Gasteiger partial charge in [-0.05, 0) is 12.8 Å². The third-order valence-corrected chi connectivity index (χ3v) is 2.05. The van der Waals surface area contributed by atoms with E-state index in [0.29, 0.717) is 12.1 Å². The summed E-state index contributed by atoms with van der Waals surface area (Å²) in [7, 11) is 0. The Morgan fingerprint density at radius 3 is 1.88 bits per heavy atom. The third kappa shape index (κ3) is 4.07. The van der Waals surface area contributed by atoms with Crippen LogP contribution in [0.25, 0.3) is 0 Å². The maximum Gasteiger partial charge on any atom is 0.341 e. The van der Waals surface area contributed by atoms with Crippen molar-refractivity contribution in [2.24, 2.45) is 0 Å². The highest BCUT2D eigenvalue weighted by Crippen LogP contribution is 2.14. The van der Waals surface area contributed by atoms with E-state index in [-0.39, 0.29) is 0 Å². The Bertz CT molecular complexity index is 372. The minimum absolute atomic E-state index is 0.312.